The van der Waals surface area contributed by atoms with Crippen LogP contribution < -0.4 is 22.1 Å². The van der Waals surface area contributed by atoms with Gasteiger partial charge in [-0.3, -0.25) is 14.6 Å². The van der Waals surface area contributed by atoms with Crippen molar-refractivity contribution >= 4 is 17.6 Å². The highest BCUT2D eigenvalue weighted by molar-refractivity contribution is 5.92. The third-order valence-corrected chi connectivity index (χ3v) is 6.47. The number of phenolic OH excluding ortho intramolecular Hbond substituents is 1. The van der Waals surface area contributed by atoms with E-state index < -0.39 is 0 Å². The molecule has 0 aliphatic carbocycles. The summed E-state index contributed by atoms with van der Waals surface area (Å²) < 4.78 is 15.9. The van der Waals surface area contributed by atoms with Gasteiger partial charge >= 0.3 is 0 Å². The van der Waals surface area contributed by atoms with Crippen molar-refractivity contribution in [3.05, 3.63) is 60.0 Å². The fourth-order valence-corrected chi connectivity index (χ4v) is 4.31. The summed E-state index contributed by atoms with van der Waals surface area (Å²) in [4.78, 5) is 33.3. The third kappa shape index (κ3) is 10.9. The second-order valence-corrected chi connectivity index (χ2v) is 9.58. The van der Waals surface area contributed by atoms with Gasteiger partial charge in [0.2, 0.25) is 5.91 Å². The molecule has 0 atom stereocenters. The van der Waals surface area contributed by atoms with Gasteiger partial charge in [0.15, 0.2) is 0 Å². The van der Waals surface area contributed by atoms with Crippen LogP contribution in [0.4, 0.5) is 5.82 Å². The number of hydrogen-bond donors (Lipinski definition) is 5. The standard InChI is InChI=1S/C31H42N6O6/c1-2-25-26(21-37-30(33)29(25)22-4-7-24(38)8-5-22)23-6-9-27(36-20-23)31(40)35-13-3-12-34-28(39)10-14-41-16-18-43-19-17-42-15-11-32/h4-9,20-21,38H,2-3,10-19,32H2,1H3,(H2,33,37)(H,34,39)(H,35,40). The van der Waals surface area contributed by atoms with Gasteiger partial charge in [-0.1, -0.05) is 25.1 Å². The SMILES string of the molecule is CCc1c(-c2ccc(C(=O)NCCCNC(=O)CCOCCOCCOCCN)nc2)cnc(N)c1-c1ccc(O)cc1. The molecule has 7 N–H and O–H groups in total. The van der Waals surface area contributed by atoms with Crippen LogP contribution in [0.5, 0.6) is 5.75 Å². The molecule has 12 nitrogen and oxygen atoms in total. The molecule has 0 aliphatic heterocycles. The Hall–Kier alpha value is -4.10. The van der Waals surface area contributed by atoms with Crippen molar-refractivity contribution < 1.29 is 28.9 Å². The lowest BCUT2D eigenvalue weighted by atomic mass is 9.92. The van der Waals surface area contributed by atoms with Gasteiger partial charge in [0.1, 0.15) is 17.3 Å². The number of nitrogens with two attached hydrogens (primary N) is 2. The Labute approximate surface area is 252 Å². The topological polar surface area (TPSA) is 184 Å². The molecule has 12 heteroatoms. The molecule has 3 aromatic rings. The molecule has 232 valence electrons. The molecular weight excluding hydrogens is 552 g/mol. The number of aromatic nitrogens is 2. The number of anilines is 1. The third-order valence-electron chi connectivity index (χ3n) is 6.47. The number of nitrogens with one attached hydrogen (secondary N) is 2. The smallest absolute Gasteiger partial charge is 0.269 e. The van der Waals surface area contributed by atoms with Gasteiger partial charge in [-0.05, 0) is 42.2 Å². The van der Waals surface area contributed by atoms with Crippen molar-refractivity contribution in [2.45, 2.75) is 26.2 Å². The number of hydrogen-bond acceptors (Lipinski definition) is 10. The molecule has 3 rings (SSSR count). The molecule has 43 heavy (non-hydrogen) atoms. The maximum absolute atomic E-state index is 12.6. The molecule has 0 fully saturated rings. The zero-order chi connectivity index (χ0) is 30.9. The van der Waals surface area contributed by atoms with E-state index >= 15 is 0 Å². The summed E-state index contributed by atoms with van der Waals surface area (Å²) in [5, 5.41) is 15.3. The molecule has 0 aliphatic rings. The average Bonchev–Trinajstić information content (AvgIpc) is 3.02. The van der Waals surface area contributed by atoms with Crippen LogP contribution in [0.25, 0.3) is 22.3 Å². The molecule has 2 amide bonds. The highest BCUT2D eigenvalue weighted by Gasteiger charge is 2.16. The first-order chi connectivity index (χ1) is 20.9. The summed E-state index contributed by atoms with van der Waals surface area (Å²) in [6.45, 7) is 5.99. The number of nitrogens with zero attached hydrogens (tertiary/aromatic N) is 2. The van der Waals surface area contributed by atoms with Gasteiger partial charge in [0, 0.05) is 55.1 Å². The van der Waals surface area contributed by atoms with Crippen molar-refractivity contribution in [2.24, 2.45) is 5.73 Å². The monoisotopic (exact) mass is 594 g/mol. The van der Waals surface area contributed by atoms with Gasteiger partial charge < -0.3 is 41.4 Å². The molecule has 1 aromatic carbocycles. The number of ether oxygens (including phenoxy) is 3. The number of carbonyl (C=O) groups is 2. The van der Waals surface area contributed by atoms with Crippen LogP contribution in [-0.4, -0.2) is 86.2 Å². The lowest BCUT2D eigenvalue weighted by Gasteiger charge is -2.16. The van der Waals surface area contributed by atoms with Crippen LogP contribution in [0, 0.1) is 0 Å². The highest BCUT2D eigenvalue weighted by Crippen LogP contribution is 2.36. The van der Waals surface area contributed by atoms with Gasteiger partial charge in [0.05, 0.1) is 39.6 Å². The number of rotatable bonds is 19. The molecule has 0 unspecified atom stereocenters. The summed E-state index contributed by atoms with van der Waals surface area (Å²) in [5.41, 5.74) is 16.2. The molecule has 2 heterocycles. The fourth-order valence-electron chi connectivity index (χ4n) is 4.31. The lowest BCUT2D eigenvalue weighted by Crippen LogP contribution is -2.30. The maximum Gasteiger partial charge on any atom is 0.269 e. The first kappa shape index (κ1) is 33.4. The van der Waals surface area contributed by atoms with E-state index in [0.717, 1.165) is 27.8 Å². The highest BCUT2D eigenvalue weighted by atomic mass is 16.5. The zero-order valence-corrected chi connectivity index (χ0v) is 24.6. The van der Waals surface area contributed by atoms with Crippen LogP contribution in [0.15, 0.2) is 48.8 Å². The summed E-state index contributed by atoms with van der Waals surface area (Å²) in [5.74, 6) is 0.169. The number of carbonyl (C=O) groups excluding carboxylic acids is 2. The van der Waals surface area contributed by atoms with Crippen LogP contribution in [0.3, 0.4) is 0 Å². The van der Waals surface area contributed by atoms with Crippen molar-refractivity contribution in [1.82, 2.24) is 20.6 Å². The number of phenols is 1. The van der Waals surface area contributed by atoms with E-state index in [4.69, 9.17) is 25.7 Å². The van der Waals surface area contributed by atoms with E-state index in [9.17, 15) is 14.7 Å². The number of pyridine rings is 2. The van der Waals surface area contributed by atoms with E-state index in [0.29, 0.717) is 77.9 Å². The second-order valence-electron chi connectivity index (χ2n) is 9.58. The zero-order valence-electron chi connectivity index (χ0n) is 24.6. The Bertz CT molecular complexity index is 1290. The van der Waals surface area contributed by atoms with Gasteiger partial charge in [-0.25, -0.2) is 4.98 Å². The van der Waals surface area contributed by atoms with E-state index in [1.165, 1.54) is 0 Å². The maximum atomic E-state index is 12.6. The average molecular weight is 595 g/mol. The summed E-state index contributed by atoms with van der Waals surface area (Å²) in [6.07, 6.45) is 4.89. The summed E-state index contributed by atoms with van der Waals surface area (Å²) >= 11 is 0. The Balaban J connectivity index is 1.38. The molecule has 0 spiro atoms. The summed E-state index contributed by atoms with van der Waals surface area (Å²) in [7, 11) is 0. The summed E-state index contributed by atoms with van der Waals surface area (Å²) in [6, 6.07) is 10.3. The van der Waals surface area contributed by atoms with Crippen molar-refractivity contribution in [2.75, 3.05) is 65.0 Å². The molecule has 0 saturated heterocycles. The van der Waals surface area contributed by atoms with Crippen molar-refractivity contribution in [3.8, 4) is 28.0 Å². The van der Waals surface area contributed by atoms with E-state index in [-0.39, 0.29) is 29.7 Å². The van der Waals surface area contributed by atoms with E-state index in [1.807, 2.05) is 13.0 Å². The lowest BCUT2D eigenvalue weighted by molar-refractivity contribution is -0.122. The molecule has 2 aromatic heterocycles. The van der Waals surface area contributed by atoms with Crippen LogP contribution in [0.1, 0.15) is 35.8 Å². The predicted octanol–water partition coefficient (Wildman–Crippen LogP) is 2.30. The molecule has 0 saturated carbocycles. The van der Waals surface area contributed by atoms with Crippen molar-refractivity contribution in [3.63, 3.8) is 0 Å². The normalized spacial score (nSPS) is 10.9. The molecular formula is C31H42N6O6. The number of benzene rings is 1. The van der Waals surface area contributed by atoms with Gasteiger partial charge in [0.25, 0.3) is 5.91 Å². The van der Waals surface area contributed by atoms with Crippen molar-refractivity contribution in [1.29, 1.82) is 0 Å². The predicted molar refractivity (Wildman–Crippen MR) is 164 cm³/mol. The Morgan fingerprint density at radius 3 is 2.14 bits per heavy atom. The first-order valence-corrected chi connectivity index (χ1v) is 14.5. The minimum Gasteiger partial charge on any atom is -0.508 e. The van der Waals surface area contributed by atoms with Crippen LogP contribution in [-0.2, 0) is 25.4 Å². The minimum absolute atomic E-state index is 0.114. The Kier molecular flexibility index (Phi) is 14.3. The molecule has 0 bridgehead atoms. The van der Waals surface area contributed by atoms with Gasteiger partial charge in [-0.15, -0.1) is 0 Å². The Morgan fingerprint density at radius 1 is 0.837 bits per heavy atom. The Morgan fingerprint density at radius 2 is 1.49 bits per heavy atom. The molecule has 0 radical (unpaired) electrons. The number of aromatic hydroxyl groups is 1. The van der Waals surface area contributed by atoms with Gasteiger partial charge in [-0.2, -0.15) is 0 Å². The largest absolute Gasteiger partial charge is 0.508 e. The second kappa shape index (κ2) is 18.4. The van der Waals surface area contributed by atoms with Crippen LogP contribution in [0.2, 0.25) is 0 Å². The van der Waals surface area contributed by atoms with E-state index in [2.05, 4.69) is 20.6 Å². The van der Waals surface area contributed by atoms with E-state index in [1.54, 1.807) is 42.7 Å². The fraction of sp³-hybridized carbons (Fsp3) is 0.419. The first-order valence-electron chi connectivity index (χ1n) is 14.5. The number of amides is 2. The quantitative estimate of drug-likeness (QED) is 0.129. The number of nitrogen functional groups attached to an aromatic ring is 1. The minimum atomic E-state index is -0.296. The van der Waals surface area contributed by atoms with Crippen LogP contribution >= 0.6 is 0 Å².